The molecule has 0 saturated carbocycles. The summed E-state index contributed by atoms with van der Waals surface area (Å²) in [5.74, 6) is 0. The monoisotopic (exact) mass is 1160 g/mol. The van der Waals surface area contributed by atoms with E-state index in [1.165, 1.54) is 341 Å². The summed E-state index contributed by atoms with van der Waals surface area (Å²) in [6, 6.07) is 17.5. The Kier molecular flexibility index (Phi) is 52.5. The maximum atomic E-state index is 11.7. The van der Waals surface area contributed by atoms with Crippen molar-refractivity contribution in [2.24, 2.45) is 0 Å². The Labute approximate surface area is 513 Å². The molecule has 0 N–H and O–H groups in total. The summed E-state index contributed by atoms with van der Waals surface area (Å²) in [6.07, 6.45) is 78.0. The van der Waals surface area contributed by atoms with Crippen molar-refractivity contribution in [3.8, 4) is 0 Å². The fraction of sp³-hybridized carbons (Fsp3) is 0.769. The molecular weight excluding hydrogens is 1020 g/mol. The average Bonchev–Trinajstić information content (AvgIpc) is 3.99. The van der Waals surface area contributed by atoms with E-state index in [-0.39, 0.29) is 0 Å². The smallest absolute Gasteiger partial charge is 0.0654 e. The van der Waals surface area contributed by atoms with E-state index in [0.717, 1.165) is 52.9 Å². The van der Waals surface area contributed by atoms with Gasteiger partial charge < -0.3 is 5.53 Å². The molecule has 1 aliphatic rings. The van der Waals surface area contributed by atoms with Crippen LogP contribution < -0.4 is 0 Å². The fourth-order valence-corrected chi connectivity index (χ4v) is 13.2. The van der Waals surface area contributed by atoms with Crippen LogP contribution in [-0.4, -0.2) is 4.70 Å². The molecule has 0 spiro atoms. The van der Waals surface area contributed by atoms with Crippen molar-refractivity contribution in [3.05, 3.63) is 99.6 Å². The molecule has 3 rings (SSSR count). The predicted octanol–water partition coefficient (Wildman–Crippen LogP) is 28.0. The van der Waals surface area contributed by atoms with E-state index in [9.17, 15) is 5.53 Å². The average molecular weight is 1160 g/mol. The molecule has 0 atom stereocenters. The Bertz CT molecular complexity index is 1780. The first-order valence-electron chi connectivity index (χ1n) is 36.3. The first-order valence-corrected chi connectivity index (χ1v) is 37.7. The molecule has 0 aromatic heterocycles. The van der Waals surface area contributed by atoms with E-state index in [1.807, 2.05) is 14.4 Å². The van der Waals surface area contributed by atoms with Crippen molar-refractivity contribution in [3.63, 3.8) is 0 Å². The second-order valence-corrected chi connectivity index (χ2v) is 26.7. The molecule has 3 heteroatoms. The number of benzene rings is 2. The van der Waals surface area contributed by atoms with Gasteiger partial charge in [-0.3, -0.25) is 0 Å². The van der Waals surface area contributed by atoms with Gasteiger partial charge in [-0.1, -0.05) is 225 Å². The van der Waals surface area contributed by atoms with Crippen LogP contribution >= 0.6 is 0 Å². The van der Waals surface area contributed by atoms with Crippen LogP contribution in [0.15, 0.2) is 71.8 Å². The van der Waals surface area contributed by atoms with Crippen LogP contribution in [0, 0.1) is 0 Å². The molecule has 0 radical (unpaired) electrons. The maximum absolute atomic E-state index is 11.7. The number of hydrogen-bond acceptors (Lipinski definition) is 0. The van der Waals surface area contributed by atoms with E-state index in [1.54, 1.807) is 0 Å². The van der Waals surface area contributed by atoms with Crippen LogP contribution in [0.2, 0.25) is 10.8 Å². The Hall–Kier alpha value is -2.25. The number of allylic oxidation sites excluding steroid dienone is 4. The van der Waals surface area contributed by atoms with Gasteiger partial charge in [0.1, 0.15) is 0 Å². The summed E-state index contributed by atoms with van der Waals surface area (Å²) in [7, 11) is 0. The van der Waals surface area contributed by atoms with Crippen molar-refractivity contribution < 1.29 is 19.1 Å². The molecule has 468 valence electrons. The van der Waals surface area contributed by atoms with Gasteiger partial charge in [0.15, 0.2) is 0 Å². The predicted molar refractivity (Wildman–Crippen MR) is 361 cm³/mol. The third-order valence-corrected chi connectivity index (χ3v) is 18.8. The minimum absolute atomic E-state index is 0.910. The zero-order valence-electron chi connectivity index (χ0n) is 55.2. The Balaban J connectivity index is 0.000000553. The minimum Gasteiger partial charge on any atom is -0.0654 e. The van der Waals surface area contributed by atoms with Gasteiger partial charge in [-0.05, 0) is 80.8 Å². The second-order valence-electron chi connectivity index (χ2n) is 25.2. The molecule has 0 bridgehead atoms. The third-order valence-electron chi connectivity index (χ3n) is 17.4. The van der Waals surface area contributed by atoms with Crippen molar-refractivity contribution in [1.29, 1.82) is 0 Å². The summed E-state index contributed by atoms with van der Waals surface area (Å²) in [6.45, 7) is 13.5. The number of unbranched alkanes of at least 4 members (excludes halogenated alkanes) is 45. The molecule has 81 heavy (non-hydrogen) atoms. The molecule has 2 aromatic rings. The van der Waals surface area contributed by atoms with Gasteiger partial charge in [0, 0.05) is 16.7 Å². The molecule has 1 heterocycles. The van der Waals surface area contributed by atoms with E-state index in [4.69, 9.17) is 0 Å². The van der Waals surface area contributed by atoms with Crippen LogP contribution in [-0.2, 0) is 27.3 Å². The number of hydrogen-bond donors (Lipinski definition) is 0. The fourth-order valence-electron chi connectivity index (χ4n) is 12.0. The second kappa shape index (κ2) is 56.9. The van der Waals surface area contributed by atoms with Crippen molar-refractivity contribution in [1.82, 2.24) is 0 Å². The van der Waals surface area contributed by atoms with Crippen LogP contribution in [0.25, 0.3) is 16.9 Å². The summed E-state index contributed by atoms with van der Waals surface area (Å²) in [5, 5.41) is 2.87. The van der Waals surface area contributed by atoms with Crippen LogP contribution in [0.5, 0.6) is 0 Å². The summed E-state index contributed by atoms with van der Waals surface area (Å²) in [4.78, 5) is 0. The SMILES string of the molecule is CCCCCCCCCCCC=CC1=C(c2cccc(CCCC)c2)[N+](=[N-])C(c2cccc(CCCC)c2)=C1C.CCCCCCCCCCCCCCCCCCC[CH2][Ni][CH2]CCCCCCCCCCCCCCCCCCC. The van der Waals surface area contributed by atoms with E-state index >= 15 is 0 Å². The van der Waals surface area contributed by atoms with E-state index < -0.39 is 0 Å². The quantitative estimate of drug-likeness (QED) is 0.0358. The van der Waals surface area contributed by atoms with Gasteiger partial charge >= 0.3 is 166 Å². The first kappa shape index (κ1) is 74.9. The van der Waals surface area contributed by atoms with Gasteiger partial charge in [0.2, 0.25) is 11.4 Å². The van der Waals surface area contributed by atoms with Crippen molar-refractivity contribution in [2.75, 3.05) is 0 Å². The molecule has 1 aliphatic heterocycles. The molecule has 2 nitrogen and oxygen atoms in total. The number of aryl methyl sites for hydroxylation is 2. The zero-order chi connectivity index (χ0) is 58.2. The Morgan fingerprint density at radius 2 is 0.630 bits per heavy atom. The normalized spacial score (nSPS) is 12.7. The zero-order valence-corrected chi connectivity index (χ0v) is 56.2. The van der Waals surface area contributed by atoms with Gasteiger partial charge in [-0.2, -0.15) is 0 Å². The van der Waals surface area contributed by atoms with Crippen LogP contribution in [0.1, 0.15) is 385 Å². The minimum atomic E-state index is 0.910. The van der Waals surface area contributed by atoms with E-state index in [0.29, 0.717) is 0 Å². The van der Waals surface area contributed by atoms with Crippen molar-refractivity contribution >= 4 is 11.4 Å². The first-order chi connectivity index (χ1) is 40.0. The Morgan fingerprint density at radius 3 is 0.951 bits per heavy atom. The molecule has 0 fully saturated rings. The molecular formula is C78H136N2Ni. The molecule has 2 aromatic carbocycles. The van der Waals surface area contributed by atoms with Gasteiger partial charge in [0.05, 0.1) is 5.57 Å². The van der Waals surface area contributed by atoms with Gasteiger partial charge in [-0.25, -0.2) is 4.70 Å². The summed E-state index contributed by atoms with van der Waals surface area (Å²) >= 11 is 2.05. The molecule has 0 amide bonds. The number of nitrogens with zero attached hydrogens (tertiary/aromatic N) is 2. The molecule has 0 aliphatic carbocycles. The van der Waals surface area contributed by atoms with Crippen LogP contribution in [0.4, 0.5) is 0 Å². The topological polar surface area (TPSA) is 25.3 Å². The van der Waals surface area contributed by atoms with Gasteiger partial charge in [-0.15, -0.1) is 0 Å². The molecule has 0 unspecified atom stereocenters. The summed E-state index contributed by atoms with van der Waals surface area (Å²) < 4.78 is 1.46. The van der Waals surface area contributed by atoms with Crippen LogP contribution in [0.3, 0.4) is 0 Å². The van der Waals surface area contributed by atoms with Crippen molar-refractivity contribution in [2.45, 2.75) is 386 Å². The van der Waals surface area contributed by atoms with E-state index in [2.05, 4.69) is 102 Å². The standard InChI is InChI=1S/C38H54N2.2C20H41.Ni/c1-5-8-11-12-13-14-15-16-17-18-19-28-36-31(4)37(34-26-20-24-32(29-34)22-9-6-2)40(39)38(36)35-27-21-25-33(30-35)23-10-7-3;2*1-3-5-7-9-11-13-15-17-19-20-18-16-14-12-10-8-6-4-2;/h19-21,24-30H,5-18,22-23H2,1-4H3;2*1,3-20H2,2H3;. The van der Waals surface area contributed by atoms with Gasteiger partial charge in [0.25, 0.3) is 0 Å². The number of rotatable bonds is 57. The Morgan fingerprint density at radius 1 is 0.346 bits per heavy atom. The third kappa shape index (κ3) is 40.7. The molecule has 0 saturated heterocycles. The summed E-state index contributed by atoms with van der Waals surface area (Å²) in [5.41, 5.74) is 20.7.